The van der Waals surface area contributed by atoms with E-state index < -0.39 is 0 Å². The summed E-state index contributed by atoms with van der Waals surface area (Å²) >= 11 is 0. The van der Waals surface area contributed by atoms with Gasteiger partial charge in [0.15, 0.2) is 11.5 Å². The highest BCUT2D eigenvalue weighted by Crippen LogP contribution is 2.26. The minimum atomic E-state index is -0.306. The molecule has 7 heteroatoms. The molecule has 2 aromatic carbocycles. The number of aromatic nitrogens is 5. The van der Waals surface area contributed by atoms with E-state index in [9.17, 15) is 4.79 Å². The summed E-state index contributed by atoms with van der Waals surface area (Å²) in [6.45, 7) is 6.74. The molecule has 0 aliphatic carbocycles. The van der Waals surface area contributed by atoms with Crippen molar-refractivity contribution in [3.05, 3.63) is 113 Å². The highest BCUT2D eigenvalue weighted by atomic mass is 16.1. The largest absolute Gasteiger partial charge is 0.343 e. The molecule has 5 rings (SSSR count). The summed E-state index contributed by atoms with van der Waals surface area (Å²) in [7, 11) is 0. The highest BCUT2D eigenvalue weighted by Gasteiger charge is 2.15. The molecule has 1 unspecified atom stereocenters. The topological polar surface area (TPSA) is 77.1 Å². The Kier molecular flexibility index (Phi) is 6.45. The van der Waals surface area contributed by atoms with E-state index in [1.54, 1.807) is 6.08 Å². The first kappa shape index (κ1) is 23.2. The summed E-state index contributed by atoms with van der Waals surface area (Å²) in [6.07, 6.45) is 7.24. The summed E-state index contributed by atoms with van der Waals surface area (Å²) < 4.78 is 3.79. The summed E-state index contributed by atoms with van der Waals surface area (Å²) in [4.78, 5) is 12.8. The van der Waals surface area contributed by atoms with Crippen molar-refractivity contribution >= 4 is 17.6 Å². The van der Waals surface area contributed by atoms with E-state index in [4.69, 9.17) is 5.10 Å². The molecule has 0 saturated carbocycles. The average molecular weight is 477 g/mol. The molecular weight excluding hydrogens is 448 g/mol. The fourth-order valence-electron chi connectivity index (χ4n) is 4.17. The average Bonchev–Trinajstić information content (AvgIpc) is 3.49. The van der Waals surface area contributed by atoms with Gasteiger partial charge in [-0.1, -0.05) is 48.5 Å². The second-order valence-corrected chi connectivity index (χ2v) is 8.97. The van der Waals surface area contributed by atoms with Gasteiger partial charge in [-0.25, -0.2) is 0 Å². The Bertz CT molecular complexity index is 1550. The second-order valence-electron chi connectivity index (χ2n) is 8.97. The molecule has 36 heavy (non-hydrogen) atoms. The molecule has 0 saturated heterocycles. The first-order valence-corrected chi connectivity index (χ1v) is 11.9. The third kappa shape index (κ3) is 4.95. The minimum absolute atomic E-state index is 0.211. The molecule has 3 aromatic heterocycles. The zero-order valence-corrected chi connectivity index (χ0v) is 20.6. The van der Waals surface area contributed by atoms with E-state index in [-0.39, 0.29) is 11.9 Å². The number of pyridine rings is 1. The Morgan fingerprint density at radius 2 is 1.81 bits per heavy atom. The molecule has 180 valence electrons. The van der Waals surface area contributed by atoms with Crippen LogP contribution in [0.15, 0.2) is 85.2 Å². The highest BCUT2D eigenvalue weighted by molar-refractivity contribution is 5.93. The lowest BCUT2D eigenvalue weighted by Crippen LogP contribution is -2.26. The maximum atomic E-state index is 12.8. The molecule has 0 spiro atoms. The van der Waals surface area contributed by atoms with Crippen molar-refractivity contribution in [3.63, 3.8) is 0 Å². The van der Waals surface area contributed by atoms with Crippen LogP contribution in [0, 0.1) is 13.8 Å². The van der Waals surface area contributed by atoms with Gasteiger partial charge in [0.1, 0.15) is 0 Å². The Hall–Kier alpha value is -4.52. The Balaban J connectivity index is 1.40. The molecule has 0 bridgehead atoms. The van der Waals surface area contributed by atoms with Crippen LogP contribution < -0.4 is 5.32 Å². The Morgan fingerprint density at radius 3 is 2.61 bits per heavy atom. The fourth-order valence-corrected chi connectivity index (χ4v) is 4.17. The maximum Gasteiger partial charge on any atom is 0.244 e. The van der Waals surface area contributed by atoms with Crippen molar-refractivity contribution in [3.8, 4) is 11.3 Å². The van der Waals surface area contributed by atoms with Crippen molar-refractivity contribution < 1.29 is 4.79 Å². The van der Waals surface area contributed by atoms with Gasteiger partial charge in [-0.15, -0.1) is 10.2 Å². The van der Waals surface area contributed by atoms with Crippen LogP contribution in [0.1, 0.15) is 41.0 Å². The molecular formula is C29H28N6O. The number of carbonyl (C=O) groups excluding carboxylic acids is 1. The normalized spacial score (nSPS) is 12.3. The number of fused-ring (bicyclic) bond motifs is 1. The van der Waals surface area contributed by atoms with E-state index in [0.29, 0.717) is 12.4 Å². The molecule has 1 amide bonds. The van der Waals surface area contributed by atoms with Crippen LogP contribution >= 0.6 is 0 Å². The SMILES string of the molecule is Cc1ccc(-c2nn(Cc3ccccc3)cc2/C=C/C(=O)NC(C)c2nnc3ccccn23)cc1C. The summed E-state index contributed by atoms with van der Waals surface area (Å²) in [5.74, 6) is 0.468. The summed E-state index contributed by atoms with van der Waals surface area (Å²) in [5, 5.41) is 16.3. The first-order valence-electron chi connectivity index (χ1n) is 11.9. The van der Waals surface area contributed by atoms with Gasteiger partial charge in [-0.3, -0.25) is 13.9 Å². The molecule has 0 fully saturated rings. The van der Waals surface area contributed by atoms with Gasteiger partial charge in [0.25, 0.3) is 0 Å². The van der Waals surface area contributed by atoms with Crippen molar-refractivity contribution in [1.29, 1.82) is 0 Å². The van der Waals surface area contributed by atoms with Crippen LogP contribution in [-0.2, 0) is 11.3 Å². The summed E-state index contributed by atoms with van der Waals surface area (Å²) in [5.41, 5.74) is 7.08. The smallest absolute Gasteiger partial charge is 0.244 e. The zero-order chi connectivity index (χ0) is 25.1. The van der Waals surface area contributed by atoms with E-state index in [1.807, 2.05) is 70.9 Å². The van der Waals surface area contributed by atoms with Crippen molar-refractivity contribution in [2.24, 2.45) is 0 Å². The molecule has 0 aliphatic heterocycles. The van der Waals surface area contributed by atoms with Crippen molar-refractivity contribution in [1.82, 2.24) is 29.7 Å². The minimum Gasteiger partial charge on any atom is -0.343 e. The second kappa shape index (κ2) is 10.00. The van der Waals surface area contributed by atoms with Gasteiger partial charge in [0.2, 0.25) is 5.91 Å². The predicted molar refractivity (Wildman–Crippen MR) is 141 cm³/mol. The van der Waals surface area contributed by atoms with Gasteiger partial charge in [0, 0.05) is 29.6 Å². The number of carbonyl (C=O) groups is 1. The van der Waals surface area contributed by atoms with Crippen LogP contribution in [0.3, 0.4) is 0 Å². The number of amides is 1. The molecule has 1 N–H and O–H groups in total. The number of aryl methyl sites for hydroxylation is 2. The summed E-state index contributed by atoms with van der Waals surface area (Å²) in [6, 6.07) is 21.9. The number of hydrogen-bond donors (Lipinski definition) is 1. The van der Waals surface area contributed by atoms with Gasteiger partial charge >= 0.3 is 0 Å². The van der Waals surface area contributed by atoms with Gasteiger partial charge in [-0.05, 0) is 61.7 Å². The van der Waals surface area contributed by atoms with Crippen molar-refractivity contribution in [2.45, 2.75) is 33.4 Å². The lowest BCUT2D eigenvalue weighted by molar-refractivity contribution is -0.117. The van der Waals surface area contributed by atoms with Crippen LogP contribution in [0.4, 0.5) is 0 Å². The molecule has 5 aromatic rings. The first-order chi connectivity index (χ1) is 17.5. The molecule has 7 nitrogen and oxygen atoms in total. The van der Waals surface area contributed by atoms with E-state index >= 15 is 0 Å². The molecule has 0 aliphatic rings. The predicted octanol–water partition coefficient (Wildman–Crippen LogP) is 5.15. The third-order valence-corrected chi connectivity index (χ3v) is 6.26. The molecule has 1 atom stereocenters. The van der Waals surface area contributed by atoms with E-state index in [1.165, 1.54) is 11.1 Å². The van der Waals surface area contributed by atoms with Crippen LogP contribution in [-0.4, -0.2) is 30.3 Å². The zero-order valence-electron chi connectivity index (χ0n) is 20.6. The van der Waals surface area contributed by atoms with Crippen LogP contribution in [0.5, 0.6) is 0 Å². The van der Waals surface area contributed by atoms with Crippen LogP contribution in [0.2, 0.25) is 0 Å². The van der Waals surface area contributed by atoms with E-state index in [2.05, 4.69) is 59.7 Å². The lowest BCUT2D eigenvalue weighted by Gasteiger charge is -2.10. The van der Waals surface area contributed by atoms with E-state index in [0.717, 1.165) is 28.0 Å². The quantitative estimate of drug-likeness (QED) is 0.330. The number of nitrogens with one attached hydrogen (secondary N) is 1. The fraction of sp³-hybridized carbons (Fsp3) is 0.172. The van der Waals surface area contributed by atoms with Gasteiger partial charge in [0.05, 0.1) is 18.3 Å². The van der Waals surface area contributed by atoms with Crippen LogP contribution in [0.25, 0.3) is 23.0 Å². The monoisotopic (exact) mass is 476 g/mol. The van der Waals surface area contributed by atoms with Crippen molar-refractivity contribution in [2.75, 3.05) is 0 Å². The standard InChI is InChI=1S/C29H28N6O/c1-20-12-13-24(17-21(20)2)28-25(19-34(33-28)18-23-9-5-4-6-10-23)14-15-27(36)30-22(3)29-32-31-26-11-7-8-16-35(26)29/h4-17,19,22H,18H2,1-3H3,(H,30,36)/b15-14+. The molecule has 3 heterocycles. The Labute approximate surface area is 210 Å². The number of benzene rings is 2. The lowest BCUT2D eigenvalue weighted by atomic mass is 10.0. The third-order valence-electron chi connectivity index (χ3n) is 6.26. The number of nitrogens with zero attached hydrogens (tertiary/aromatic N) is 5. The van der Waals surface area contributed by atoms with Gasteiger partial charge < -0.3 is 5.32 Å². The maximum absolute atomic E-state index is 12.8. The number of rotatable bonds is 7. The Morgan fingerprint density at radius 1 is 1.00 bits per heavy atom. The number of hydrogen-bond acceptors (Lipinski definition) is 4. The van der Waals surface area contributed by atoms with Gasteiger partial charge in [-0.2, -0.15) is 5.10 Å². The molecule has 0 radical (unpaired) electrons.